The Kier molecular flexibility index (Phi) is 4.65. The molecule has 21 heavy (non-hydrogen) atoms. The number of carboxylic acid groups (broad SMARTS) is 1. The summed E-state index contributed by atoms with van der Waals surface area (Å²) in [5.41, 5.74) is -0.169. The summed E-state index contributed by atoms with van der Waals surface area (Å²) >= 11 is 0. The number of nitrogens with one attached hydrogen (secondary N) is 1. The van der Waals surface area contributed by atoms with Gasteiger partial charge in [-0.2, -0.15) is 5.10 Å². The van der Waals surface area contributed by atoms with E-state index < -0.39 is 11.5 Å². The predicted octanol–water partition coefficient (Wildman–Crippen LogP) is 2.37. The van der Waals surface area contributed by atoms with Gasteiger partial charge in [-0.05, 0) is 39.2 Å². The van der Waals surface area contributed by atoms with Crippen LogP contribution in [0.4, 0.5) is 0 Å². The van der Waals surface area contributed by atoms with Gasteiger partial charge in [-0.1, -0.05) is 12.8 Å². The van der Waals surface area contributed by atoms with Crippen LogP contribution in [-0.4, -0.2) is 32.3 Å². The number of aliphatic carboxylic acids is 1. The lowest BCUT2D eigenvalue weighted by Crippen LogP contribution is -2.43. The molecular weight excluding hydrogens is 270 g/mol. The summed E-state index contributed by atoms with van der Waals surface area (Å²) in [5.74, 6) is -1.11. The van der Waals surface area contributed by atoms with Crippen molar-refractivity contribution in [1.29, 1.82) is 0 Å². The molecule has 1 heterocycles. The third-order valence-electron chi connectivity index (χ3n) is 3.96. The first-order chi connectivity index (χ1) is 9.87. The number of nitrogens with zero attached hydrogens (tertiary/aromatic N) is 2. The van der Waals surface area contributed by atoms with Crippen molar-refractivity contribution in [1.82, 2.24) is 15.1 Å². The molecule has 2 rings (SSSR count). The first-order valence-electron chi connectivity index (χ1n) is 7.47. The zero-order valence-electron chi connectivity index (χ0n) is 12.6. The zero-order chi connectivity index (χ0) is 15.5. The second-order valence-corrected chi connectivity index (χ2v) is 6.35. The Morgan fingerprint density at radius 1 is 1.43 bits per heavy atom. The first-order valence-corrected chi connectivity index (χ1v) is 7.47. The molecule has 0 atom stereocenters. The Bertz CT molecular complexity index is 516. The Hall–Kier alpha value is -1.85. The van der Waals surface area contributed by atoms with E-state index in [4.69, 9.17) is 5.11 Å². The Morgan fingerprint density at radius 3 is 2.71 bits per heavy atom. The van der Waals surface area contributed by atoms with Gasteiger partial charge in [-0.25, -0.2) is 0 Å². The number of carboxylic acids is 1. The van der Waals surface area contributed by atoms with Crippen LogP contribution in [0.25, 0.3) is 0 Å². The molecule has 1 aliphatic carbocycles. The van der Waals surface area contributed by atoms with Crippen LogP contribution in [0, 0.1) is 0 Å². The quantitative estimate of drug-likeness (QED) is 0.843. The minimum absolute atomic E-state index is 0.0315. The fourth-order valence-corrected chi connectivity index (χ4v) is 2.68. The van der Waals surface area contributed by atoms with Crippen molar-refractivity contribution >= 4 is 11.9 Å². The molecule has 1 aliphatic rings. The topological polar surface area (TPSA) is 84.2 Å². The third-order valence-corrected chi connectivity index (χ3v) is 3.96. The van der Waals surface area contributed by atoms with E-state index >= 15 is 0 Å². The SMILES string of the molecule is CC(C)(CCC(=O)O)NC(=O)c1ccn(C2CCCC2)n1. The largest absolute Gasteiger partial charge is 0.481 e. The molecule has 6 heteroatoms. The average molecular weight is 293 g/mol. The lowest BCUT2D eigenvalue weighted by Gasteiger charge is -2.25. The normalized spacial score (nSPS) is 16.1. The molecule has 1 saturated carbocycles. The fraction of sp³-hybridized carbons (Fsp3) is 0.667. The number of carbonyl (C=O) groups is 2. The molecule has 0 radical (unpaired) electrons. The van der Waals surface area contributed by atoms with Crippen LogP contribution in [0.15, 0.2) is 12.3 Å². The molecule has 1 fully saturated rings. The van der Waals surface area contributed by atoms with Gasteiger partial charge in [0.05, 0.1) is 6.04 Å². The van der Waals surface area contributed by atoms with Crippen molar-refractivity contribution in [2.24, 2.45) is 0 Å². The highest BCUT2D eigenvalue weighted by molar-refractivity contribution is 5.92. The molecule has 116 valence electrons. The van der Waals surface area contributed by atoms with Crippen LogP contribution in [0.1, 0.15) is 68.9 Å². The third kappa shape index (κ3) is 4.31. The first kappa shape index (κ1) is 15.5. The standard InChI is InChI=1S/C15H23N3O3/c1-15(2,9-7-13(19)20)16-14(21)12-8-10-18(17-12)11-5-3-4-6-11/h8,10-11H,3-7,9H2,1-2H3,(H,16,21)(H,19,20). The molecule has 0 aromatic carbocycles. The Labute approximate surface area is 124 Å². The van der Waals surface area contributed by atoms with E-state index in [0.717, 1.165) is 12.8 Å². The summed E-state index contributed by atoms with van der Waals surface area (Å²) in [5, 5.41) is 15.9. The van der Waals surface area contributed by atoms with Gasteiger partial charge < -0.3 is 10.4 Å². The smallest absolute Gasteiger partial charge is 0.303 e. The average Bonchev–Trinajstić information content (AvgIpc) is 3.06. The maximum atomic E-state index is 12.2. The van der Waals surface area contributed by atoms with Crippen molar-refractivity contribution in [3.05, 3.63) is 18.0 Å². The minimum atomic E-state index is -0.858. The highest BCUT2D eigenvalue weighted by Gasteiger charge is 2.24. The Balaban J connectivity index is 1.95. The fourth-order valence-electron chi connectivity index (χ4n) is 2.68. The maximum absolute atomic E-state index is 12.2. The molecule has 0 spiro atoms. The van der Waals surface area contributed by atoms with E-state index in [-0.39, 0.29) is 12.3 Å². The summed E-state index contributed by atoms with van der Waals surface area (Å²) in [7, 11) is 0. The van der Waals surface area contributed by atoms with E-state index in [2.05, 4.69) is 10.4 Å². The van der Waals surface area contributed by atoms with Gasteiger partial charge in [0.2, 0.25) is 0 Å². The van der Waals surface area contributed by atoms with Crippen molar-refractivity contribution < 1.29 is 14.7 Å². The molecule has 1 amide bonds. The van der Waals surface area contributed by atoms with E-state index in [1.54, 1.807) is 6.07 Å². The van der Waals surface area contributed by atoms with Crippen molar-refractivity contribution in [2.75, 3.05) is 0 Å². The maximum Gasteiger partial charge on any atom is 0.303 e. The van der Waals surface area contributed by atoms with Gasteiger partial charge in [0.1, 0.15) is 5.69 Å². The molecule has 1 aromatic rings. The van der Waals surface area contributed by atoms with Crippen molar-refractivity contribution in [3.8, 4) is 0 Å². The second kappa shape index (κ2) is 6.28. The summed E-state index contributed by atoms with van der Waals surface area (Å²) in [6.45, 7) is 3.64. The molecule has 6 nitrogen and oxygen atoms in total. The molecule has 0 unspecified atom stereocenters. The van der Waals surface area contributed by atoms with E-state index in [1.807, 2.05) is 24.7 Å². The second-order valence-electron chi connectivity index (χ2n) is 6.35. The number of hydrogen-bond donors (Lipinski definition) is 2. The van der Waals surface area contributed by atoms with Gasteiger partial charge in [0.25, 0.3) is 5.91 Å². The van der Waals surface area contributed by atoms with Gasteiger partial charge >= 0.3 is 5.97 Å². The van der Waals surface area contributed by atoms with E-state index in [0.29, 0.717) is 18.2 Å². The molecule has 1 aromatic heterocycles. The highest BCUT2D eigenvalue weighted by atomic mass is 16.4. The molecule has 0 aliphatic heterocycles. The summed E-state index contributed by atoms with van der Waals surface area (Å²) in [6.07, 6.45) is 6.94. The lowest BCUT2D eigenvalue weighted by atomic mass is 9.98. The number of amides is 1. The zero-order valence-corrected chi connectivity index (χ0v) is 12.6. The monoisotopic (exact) mass is 293 g/mol. The summed E-state index contributed by atoms with van der Waals surface area (Å²) in [6, 6.07) is 2.13. The van der Waals surface area contributed by atoms with Gasteiger partial charge in [0, 0.05) is 18.2 Å². The van der Waals surface area contributed by atoms with Crippen molar-refractivity contribution in [2.45, 2.75) is 64.0 Å². The molecule has 0 saturated heterocycles. The van der Waals surface area contributed by atoms with Crippen LogP contribution in [0.2, 0.25) is 0 Å². The van der Waals surface area contributed by atoms with Gasteiger partial charge in [-0.3, -0.25) is 14.3 Å². The number of hydrogen-bond acceptors (Lipinski definition) is 3. The molecule has 0 bridgehead atoms. The summed E-state index contributed by atoms with van der Waals surface area (Å²) in [4.78, 5) is 22.8. The summed E-state index contributed by atoms with van der Waals surface area (Å²) < 4.78 is 1.88. The van der Waals surface area contributed by atoms with Crippen LogP contribution in [0.5, 0.6) is 0 Å². The predicted molar refractivity (Wildman–Crippen MR) is 78.1 cm³/mol. The van der Waals surface area contributed by atoms with E-state index in [1.165, 1.54) is 12.8 Å². The Morgan fingerprint density at radius 2 is 2.10 bits per heavy atom. The van der Waals surface area contributed by atoms with Crippen LogP contribution in [0.3, 0.4) is 0 Å². The lowest BCUT2D eigenvalue weighted by molar-refractivity contribution is -0.137. The van der Waals surface area contributed by atoms with Crippen LogP contribution in [-0.2, 0) is 4.79 Å². The van der Waals surface area contributed by atoms with Gasteiger partial charge in [0.15, 0.2) is 0 Å². The number of aromatic nitrogens is 2. The number of carbonyl (C=O) groups excluding carboxylic acids is 1. The minimum Gasteiger partial charge on any atom is -0.481 e. The highest BCUT2D eigenvalue weighted by Crippen LogP contribution is 2.28. The molecular formula is C15H23N3O3. The molecule has 2 N–H and O–H groups in total. The van der Waals surface area contributed by atoms with Crippen LogP contribution >= 0.6 is 0 Å². The number of rotatable bonds is 6. The van der Waals surface area contributed by atoms with Crippen LogP contribution < -0.4 is 5.32 Å². The van der Waals surface area contributed by atoms with Crippen molar-refractivity contribution in [3.63, 3.8) is 0 Å². The van der Waals surface area contributed by atoms with E-state index in [9.17, 15) is 9.59 Å². The van der Waals surface area contributed by atoms with Gasteiger partial charge in [-0.15, -0.1) is 0 Å².